The van der Waals surface area contributed by atoms with Crippen LogP contribution in [0, 0.1) is 6.92 Å². The van der Waals surface area contributed by atoms with E-state index in [9.17, 15) is 0 Å². The zero-order valence-electron chi connectivity index (χ0n) is 13.0. The monoisotopic (exact) mass is 272 g/mol. The van der Waals surface area contributed by atoms with Crippen LogP contribution in [0.3, 0.4) is 0 Å². The summed E-state index contributed by atoms with van der Waals surface area (Å²) in [5, 5.41) is 8.20. The van der Waals surface area contributed by atoms with Crippen LogP contribution in [0.1, 0.15) is 25.1 Å². The van der Waals surface area contributed by atoms with Gasteiger partial charge < -0.3 is 10.2 Å². The number of benzene rings is 1. The van der Waals surface area contributed by atoms with Gasteiger partial charge in [0.15, 0.2) is 0 Å². The normalized spacial score (nSPS) is 11.1. The van der Waals surface area contributed by atoms with Crippen molar-refractivity contribution in [1.82, 2.24) is 15.1 Å². The Balaban J connectivity index is 2.46. The molecule has 2 rings (SSSR count). The highest BCUT2D eigenvalue weighted by molar-refractivity contribution is 5.54. The van der Waals surface area contributed by atoms with Crippen LogP contribution in [0.5, 0.6) is 0 Å². The van der Waals surface area contributed by atoms with Crippen LogP contribution in [-0.4, -0.2) is 29.9 Å². The molecule has 0 atom stereocenters. The predicted octanol–water partition coefficient (Wildman–Crippen LogP) is 2.74. The molecule has 0 amide bonds. The highest BCUT2D eigenvalue weighted by atomic mass is 15.4. The summed E-state index contributed by atoms with van der Waals surface area (Å²) in [6, 6.07) is 10.7. The van der Waals surface area contributed by atoms with Gasteiger partial charge in [-0.25, -0.2) is 4.68 Å². The van der Waals surface area contributed by atoms with Gasteiger partial charge in [-0.05, 0) is 19.1 Å². The maximum atomic E-state index is 4.72. The van der Waals surface area contributed by atoms with E-state index < -0.39 is 0 Å². The van der Waals surface area contributed by atoms with Crippen molar-refractivity contribution in [3.05, 3.63) is 41.6 Å². The van der Waals surface area contributed by atoms with Crippen molar-refractivity contribution < 1.29 is 0 Å². The minimum Gasteiger partial charge on any atom is -0.362 e. The molecule has 0 radical (unpaired) electrons. The van der Waals surface area contributed by atoms with Crippen LogP contribution in [0.25, 0.3) is 5.69 Å². The largest absolute Gasteiger partial charge is 0.362 e. The standard InChI is InChI=1S/C16H24N4/c1-12(2)17-11-15-13(3)18-20(16(15)19(4)5)14-9-7-6-8-10-14/h6-10,12,17H,11H2,1-5H3. The third-order valence-electron chi connectivity index (χ3n) is 3.27. The van der Waals surface area contributed by atoms with Crippen LogP contribution in [-0.2, 0) is 6.54 Å². The zero-order valence-corrected chi connectivity index (χ0v) is 13.0. The molecule has 0 fully saturated rings. The lowest BCUT2D eigenvalue weighted by Crippen LogP contribution is -2.24. The number of nitrogens with one attached hydrogen (secondary N) is 1. The predicted molar refractivity (Wildman–Crippen MR) is 84.6 cm³/mol. The first-order valence-corrected chi connectivity index (χ1v) is 7.05. The number of hydrogen-bond donors (Lipinski definition) is 1. The average molecular weight is 272 g/mol. The van der Waals surface area contributed by atoms with E-state index in [4.69, 9.17) is 5.10 Å². The molecule has 0 saturated heterocycles. The molecule has 1 aromatic carbocycles. The summed E-state index contributed by atoms with van der Waals surface area (Å²) in [5.74, 6) is 1.14. The Morgan fingerprint density at radius 1 is 1.20 bits per heavy atom. The van der Waals surface area contributed by atoms with E-state index >= 15 is 0 Å². The molecule has 1 N–H and O–H groups in total. The van der Waals surface area contributed by atoms with Crippen LogP contribution < -0.4 is 10.2 Å². The van der Waals surface area contributed by atoms with Gasteiger partial charge in [0, 0.05) is 32.2 Å². The molecule has 2 aromatic rings. The van der Waals surface area contributed by atoms with Gasteiger partial charge in [-0.1, -0.05) is 32.0 Å². The topological polar surface area (TPSA) is 33.1 Å². The van der Waals surface area contributed by atoms with Crippen molar-refractivity contribution >= 4 is 5.82 Å². The molecule has 1 heterocycles. The molecule has 0 spiro atoms. The number of nitrogens with zero attached hydrogens (tertiary/aromatic N) is 3. The lowest BCUT2D eigenvalue weighted by Gasteiger charge is -2.18. The van der Waals surface area contributed by atoms with E-state index in [1.54, 1.807) is 0 Å². The zero-order chi connectivity index (χ0) is 14.7. The van der Waals surface area contributed by atoms with Crippen LogP contribution in [0.4, 0.5) is 5.82 Å². The number of hydrogen-bond acceptors (Lipinski definition) is 3. The van der Waals surface area contributed by atoms with Crippen molar-refractivity contribution in [3.8, 4) is 5.69 Å². The molecule has 20 heavy (non-hydrogen) atoms. The van der Waals surface area contributed by atoms with E-state index in [1.807, 2.05) is 22.9 Å². The first kappa shape index (κ1) is 14.6. The van der Waals surface area contributed by atoms with Gasteiger partial charge in [0.25, 0.3) is 0 Å². The third kappa shape index (κ3) is 3.02. The number of aromatic nitrogens is 2. The summed E-state index contributed by atoms with van der Waals surface area (Å²) < 4.78 is 2.02. The molecule has 0 saturated carbocycles. The van der Waals surface area contributed by atoms with Crippen molar-refractivity contribution in [2.45, 2.75) is 33.4 Å². The van der Waals surface area contributed by atoms with Crippen LogP contribution in [0.2, 0.25) is 0 Å². The lowest BCUT2D eigenvalue weighted by molar-refractivity contribution is 0.587. The summed E-state index contributed by atoms with van der Waals surface area (Å²) in [5.41, 5.74) is 3.42. The third-order valence-corrected chi connectivity index (χ3v) is 3.27. The van der Waals surface area contributed by atoms with E-state index in [0.717, 1.165) is 23.7 Å². The Morgan fingerprint density at radius 3 is 2.40 bits per heavy atom. The molecular formula is C16H24N4. The fourth-order valence-corrected chi connectivity index (χ4v) is 2.27. The van der Waals surface area contributed by atoms with E-state index in [2.05, 4.69) is 57.2 Å². The second-order valence-electron chi connectivity index (χ2n) is 5.56. The Bertz CT molecular complexity index is 555. The average Bonchev–Trinajstić information content (AvgIpc) is 2.74. The van der Waals surface area contributed by atoms with Gasteiger partial charge in [-0.3, -0.25) is 0 Å². The summed E-state index contributed by atoms with van der Waals surface area (Å²) in [4.78, 5) is 2.13. The molecule has 108 valence electrons. The van der Waals surface area contributed by atoms with Gasteiger partial charge in [-0.2, -0.15) is 5.10 Å². The summed E-state index contributed by atoms with van der Waals surface area (Å²) in [6.07, 6.45) is 0. The minimum atomic E-state index is 0.462. The first-order valence-electron chi connectivity index (χ1n) is 7.05. The number of anilines is 1. The SMILES string of the molecule is Cc1nn(-c2ccccc2)c(N(C)C)c1CNC(C)C. The Kier molecular flexibility index (Phi) is 4.45. The van der Waals surface area contributed by atoms with Crippen molar-refractivity contribution in [1.29, 1.82) is 0 Å². The Hall–Kier alpha value is -1.81. The Labute approximate surface area is 121 Å². The van der Waals surface area contributed by atoms with Gasteiger partial charge in [-0.15, -0.1) is 0 Å². The second-order valence-corrected chi connectivity index (χ2v) is 5.56. The maximum absolute atomic E-state index is 4.72. The van der Waals surface area contributed by atoms with Crippen LogP contribution >= 0.6 is 0 Å². The molecule has 4 nitrogen and oxygen atoms in total. The van der Waals surface area contributed by atoms with E-state index in [-0.39, 0.29) is 0 Å². The highest BCUT2D eigenvalue weighted by Gasteiger charge is 2.17. The molecule has 1 aromatic heterocycles. The van der Waals surface area contributed by atoms with Crippen molar-refractivity contribution in [3.63, 3.8) is 0 Å². The second kappa shape index (κ2) is 6.09. The Morgan fingerprint density at radius 2 is 1.85 bits per heavy atom. The fourth-order valence-electron chi connectivity index (χ4n) is 2.27. The summed E-state index contributed by atoms with van der Waals surface area (Å²) >= 11 is 0. The molecule has 0 bridgehead atoms. The van der Waals surface area contributed by atoms with Crippen LogP contribution in [0.15, 0.2) is 30.3 Å². The van der Waals surface area contributed by atoms with Gasteiger partial charge in [0.2, 0.25) is 0 Å². The smallest absolute Gasteiger partial charge is 0.136 e. The highest BCUT2D eigenvalue weighted by Crippen LogP contribution is 2.25. The molecule has 4 heteroatoms. The molecule has 0 unspecified atom stereocenters. The fraction of sp³-hybridized carbons (Fsp3) is 0.438. The molecule has 0 aliphatic rings. The van der Waals surface area contributed by atoms with E-state index in [1.165, 1.54) is 5.56 Å². The lowest BCUT2D eigenvalue weighted by atomic mass is 10.2. The number of para-hydroxylation sites is 1. The van der Waals surface area contributed by atoms with Gasteiger partial charge >= 0.3 is 0 Å². The summed E-state index contributed by atoms with van der Waals surface area (Å²) in [6.45, 7) is 7.23. The van der Waals surface area contributed by atoms with Crippen molar-refractivity contribution in [2.24, 2.45) is 0 Å². The molecule has 0 aliphatic carbocycles. The number of aryl methyl sites for hydroxylation is 1. The summed E-state index contributed by atoms with van der Waals surface area (Å²) in [7, 11) is 4.13. The molecular weight excluding hydrogens is 248 g/mol. The van der Waals surface area contributed by atoms with Gasteiger partial charge in [0.1, 0.15) is 5.82 Å². The van der Waals surface area contributed by atoms with Gasteiger partial charge in [0.05, 0.1) is 11.4 Å². The number of rotatable bonds is 5. The van der Waals surface area contributed by atoms with Crippen molar-refractivity contribution in [2.75, 3.05) is 19.0 Å². The maximum Gasteiger partial charge on any atom is 0.136 e. The minimum absolute atomic E-state index is 0.462. The van der Waals surface area contributed by atoms with E-state index in [0.29, 0.717) is 6.04 Å². The molecule has 0 aliphatic heterocycles. The quantitative estimate of drug-likeness (QED) is 0.908. The first-order chi connectivity index (χ1) is 9.50.